The summed E-state index contributed by atoms with van der Waals surface area (Å²) in [6.07, 6.45) is 6.85. The van der Waals surface area contributed by atoms with Crippen molar-refractivity contribution in [2.45, 2.75) is 58.3 Å². The van der Waals surface area contributed by atoms with Crippen LogP contribution in [0.4, 0.5) is 0 Å². The van der Waals surface area contributed by atoms with E-state index in [0.29, 0.717) is 30.8 Å². The Bertz CT molecular complexity index is 829. The zero-order chi connectivity index (χ0) is 22.3. The standard InChI is InChI=1S/C26H32O5/c1-2-3-7-18-24(27)30-19-12-4-5-13-20-31-26(29)23-17-11-10-16-22(23)25(28)21-14-8-6-9-15-21/h6,8-11,14-17H,2-5,7,12-13,18-20H2,1H3. The van der Waals surface area contributed by atoms with Crippen molar-refractivity contribution < 1.29 is 23.9 Å². The second-order valence-electron chi connectivity index (χ2n) is 7.47. The summed E-state index contributed by atoms with van der Waals surface area (Å²) in [5.41, 5.74) is 1.17. The van der Waals surface area contributed by atoms with E-state index in [1.54, 1.807) is 48.5 Å². The summed E-state index contributed by atoms with van der Waals surface area (Å²) < 4.78 is 10.6. The zero-order valence-corrected chi connectivity index (χ0v) is 18.3. The number of esters is 2. The van der Waals surface area contributed by atoms with Crippen molar-refractivity contribution in [2.75, 3.05) is 13.2 Å². The molecule has 0 aliphatic heterocycles. The number of carbonyl (C=O) groups excluding carboxylic acids is 3. The molecule has 0 saturated carbocycles. The van der Waals surface area contributed by atoms with Crippen molar-refractivity contribution >= 4 is 17.7 Å². The molecule has 2 aromatic rings. The van der Waals surface area contributed by atoms with Gasteiger partial charge in [-0.05, 0) is 38.2 Å². The first kappa shape index (κ1) is 24.3. The van der Waals surface area contributed by atoms with Crippen LogP contribution in [0.3, 0.4) is 0 Å². The van der Waals surface area contributed by atoms with Crippen molar-refractivity contribution in [2.24, 2.45) is 0 Å². The molecule has 0 aliphatic carbocycles. The van der Waals surface area contributed by atoms with E-state index in [4.69, 9.17) is 9.47 Å². The van der Waals surface area contributed by atoms with Crippen molar-refractivity contribution in [3.8, 4) is 0 Å². The normalized spacial score (nSPS) is 10.5. The molecule has 0 atom stereocenters. The Morgan fingerprint density at radius 2 is 1.29 bits per heavy atom. The van der Waals surface area contributed by atoms with E-state index < -0.39 is 5.97 Å². The number of unbranched alkanes of at least 4 members (excludes halogenated alkanes) is 5. The van der Waals surface area contributed by atoms with Crippen molar-refractivity contribution in [3.63, 3.8) is 0 Å². The van der Waals surface area contributed by atoms with E-state index in [2.05, 4.69) is 6.92 Å². The molecular formula is C26H32O5. The average Bonchev–Trinajstić information content (AvgIpc) is 2.81. The Morgan fingerprint density at radius 1 is 0.677 bits per heavy atom. The SMILES string of the molecule is CCCCCC(=O)OCCCCCCOC(=O)c1ccccc1C(=O)c1ccccc1. The van der Waals surface area contributed by atoms with Crippen molar-refractivity contribution in [1.82, 2.24) is 0 Å². The lowest BCUT2D eigenvalue weighted by molar-refractivity contribution is -0.143. The van der Waals surface area contributed by atoms with Crippen LogP contribution in [0, 0.1) is 0 Å². The van der Waals surface area contributed by atoms with E-state index >= 15 is 0 Å². The first-order chi connectivity index (χ1) is 15.1. The topological polar surface area (TPSA) is 69.7 Å². The Morgan fingerprint density at radius 3 is 1.97 bits per heavy atom. The number of benzene rings is 2. The molecular weight excluding hydrogens is 392 g/mol. The lowest BCUT2D eigenvalue weighted by Crippen LogP contribution is -2.13. The average molecular weight is 425 g/mol. The van der Waals surface area contributed by atoms with Gasteiger partial charge in [0, 0.05) is 17.5 Å². The Labute approximate surface area is 184 Å². The van der Waals surface area contributed by atoms with Gasteiger partial charge in [0.05, 0.1) is 18.8 Å². The number of hydrogen-bond acceptors (Lipinski definition) is 5. The molecule has 5 heteroatoms. The quantitative estimate of drug-likeness (QED) is 0.219. The van der Waals surface area contributed by atoms with E-state index in [1.165, 1.54) is 0 Å². The van der Waals surface area contributed by atoms with Crippen LogP contribution in [-0.4, -0.2) is 30.9 Å². The maximum absolute atomic E-state index is 12.7. The lowest BCUT2D eigenvalue weighted by Gasteiger charge is -2.09. The predicted molar refractivity (Wildman–Crippen MR) is 120 cm³/mol. The van der Waals surface area contributed by atoms with Gasteiger partial charge < -0.3 is 9.47 Å². The molecule has 0 heterocycles. The van der Waals surface area contributed by atoms with Crippen LogP contribution in [0.2, 0.25) is 0 Å². The lowest BCUT2D eigenvalue weighted by atomic mass is 9.98. The second-order valence-corrected chi connectivity index (χ2v) is 7.47. The van der Waals surface area contributed by atoms with Gasteiger partial charge in [-0.25, -0.2) is 4.79 Å². The highest BCUT2D eigenvalue weighted by Crippen LogP contribution is 2.16. The van der Waals surface area contributed by atoms with Gasteiger partial charge in [0.25, 0.3) is 0 Å². The number of ketones is 1. The third kappa shape index (κ3) is 8.75. The zero-order valence-electron chi connectivity index (χ0n) is 18.3. The van der Waals surface area contributed by atoms with Gasteiger partial charge in [0.2, 0.25) is 0 Å². The minimum Gasteiger partial charge on any atom is -0.466 e. The highest BCUT2D eigenvalue weighted by Gasteiger charge is 2.18. The Kier molecular flexibility index (Phi) is 11.1. The van der Waals surface area contributed by atoms with Crippen molar-refractivity contribution in [1.29, 1.82) is 0 Å². The molecule has 31 heavy (non-hydrogen) atoms. The number of hydrogen-bond donors (Lipinski definition) is 0. The molecule has 0 aromatic heterocycles. The first-order valence-electron chi connectivity index (χ1n) is 11.1. The third-order valence-corrected chi connectivity index (χ3v) is 4.95. The van der Waals surface area contributed by atoms with E-state index in [-0.39, 0.29) is 17.3 Å². The summed E-state index contributed by atoms with van der Waals surface area (Å²) in [6, 6.07) is 15.6. The summed E-state index contributed by atoms with van der Waals surface area (Å²) in [4.78, 5) is 36.7. The predicted octanol–water partition coefficient (Wildman–Crippen LogP) is 5.76. The van der Waals surface area contributed by atoms with Gasteiger partial charge in [0.15, 0.2) is 5.78 Å². The molecule has 0 radical (unpaired) electrons. The largest absolute Gasteiger partial charge is 0.466 e. The maximum atomic E-state index is 12.7. The summed E-state index contributed by atoms with van der Waals surface area (Å²) in [6.45, 7) is 2.84. The molecule has 0 amide bonds. The fraction of sp³-hybridized carbons (Fsp3) is 0.423. The summed E-state index contributed by atoms with van der Waals surface area (Å²) in [5.74, 6) is -0.802. The van der Waals surface area contributed by atoms with Crippen LogP contribution >= 0.6 is 0 Å². The molecule has 0 aliphatic rings. The minimum atomic E-state index is -0.485. The number of rotatable bonds is 14. The van der Waals surface area contributed by atoms with Crippen LogP contribution < -0.4 is 0 Å². The third-order valence-electron chi connectivity index (χ3n) is 4.95. The maximum Gasteiger partial charge on any atom is 0.338 e. The minimum absolute atomic E-state index is 0.119. The summed E-state index contributed by atoms with van der Waals surface area (Å²) in [5, 5.41) is 0. The van der Waals surface area contributed by atoms with E-state index in [1.807, 2.05) is 6.07 Å². The van der Waals surface area contributed by atoms with E-state index in [0.717, 1.165) is 44.9 Å². The van der Waals surface area contributed by atoms with Crippen LogP contribution in [0.1, 0.15) is 84.6 Å². The molecule has 5 nitrogen and oxygen atoms in total. The molecule has 166 valence electrons. The van der Waals surface area contributed by atoms with Crippen LogP contribution in [-0.2, 0) is 14.3 Å². The number of ether oxygens (including phenoxy) is 2. The second kappa shape index (κ2) is 14.1. The number of carbonyl (C=O) groups is 3. The van der Waals surface area contributed by atoms with Crippen LogP contribution in [0.25, 0.3) is 0 Å². The molecule has 2 aromatic carbocycles. The van der Waals surface area contributed by atoms with Gasteiger partial charge in [-0.2, -0.15) is 0 Å². The smallest absolute Gasteiger partial charge is 0.338 e. The highest BCUT2D eigenvalue weighted by molar-refractivity contribution is 6.14. The van der Waals surface area contributed by atoms with Crippen LogP contribution in [0.5, 0.6) is 0 Å². The monoisotopic (exact) mass is 424 g/mol. The van der Waals surface area contributed by atoms with Gasteiger partial charge in [-0.1, -0.05) is 68.3 Å². The van der Waals surface area contributed by atoms with Gasteiger partial charge >= 0.3 is 11.9 Å². The molecule has 0 unspecified atom stereocenters. The van der Waals surface area contributed by atoms with Gasteiger partial charge in [-0.3, -0.25) is 9.59 Å². The Balaban J connectivity index is 1.67. The molecule has 0 spiro atoms. The van der Waals surface area contributed by atoms with Gasteiger partial charge in [0.1, 0.15) is 0 Å². The Hall–Kier alpha value is -2.95. The summed E-state index contributed by atoms with van der Waals surface area (Å²) in [7, 11) is 0. The molecule has 2 rings (SSSR count). The highest BCUT2D eigenvalue weighted by atomic mass is 16.5. The molecule has 0 fully saturated rings. The first-order valence-corrected chi connectivity index (χ1v) is 11.1. The van der Waals surface area contributed by atoms with Crippen LogP contribution in [0.15, 0.2) is 54.6 Å². The van der Waals surface area contributed by atoms with Crippen molar-refractivity contribution in [3.05, 3.63) is 71.3 Å². The fourth-order valence-electron chi connectivity index (χ4n) is 3.18. The van der Waals surface area contributed by atoms with Gasteiger partial charge in [-0.15, -0.1) is 0 Å². The fourth-order valence-corrected chi connectivity index (χ4v) is 3.18. The molecule has 0 saturated heterocycles. The van der Waals surface area contributed by atoms with E-state index in [9.17, 15) is 14.4 Å². The molecule has 0 N–H and O–H groups in total. The molecule has 0 bridgehead atoms. The summed E-state index contributed by atoms with van der Waals surface area (Å²) >= 11 is 0.